The average molecular weight is 255 g/mol. The van der Waals surface area contributed by atoms with Crippen LogP contribution in [-0.4, -0.2) is 9.94 Å². The van der Waals surface area contributed by atoms with E-state index in [2.05, 4.69) is 9.40 Å². The number of nitrogens with zero attached hydrogens (tertiary/aromatic N) is 1. The quantitative estimate of drug-likeness (QED) is 0.466. The van der Waals surface area contributed by atoms with E-state index in [0.29, 0.717) is 0 Å². The normalized spacial score (nSPS) is 12.3. The van der Waals surface area contributed by atoms with Crippen LogP contribution in [0.3, 0.4) is 0 Å². The van der Waals surface area contributed by atoms with Gasteiger partial charge in [-0.3, -0.25) is 0 Å². The third kappa shape index (κ3) is 8.78. The second-order valence-electron chi connectivity index (χ2n) is 2.55. The summed E-state index contributed by atoms with van der Waals surface area (Å²) < 4.78 is 2.68. The minimum atomic E-state index is -1.78. The van der Waals surface area contributed by atoms with Gasteiger partial charge in [0, 0.05) is 0 Å². The van der Waals surface area contributed by atoms with Gasteiger partial charge in [0.25, 0.3) is 0 Å². The van der Waals surface area contributed by atoms with Crippen LogP contribution in [0.5, 0.6) is 0 Å². The Hall–Kier alpha value is 0.783. The third-order valence-electron chi connectivity index (χ3n) is 0.435. The molecule has 0 saturated heterocycles. The maximum absolute atomic E-state index is 5.49. The van der Waals surface area contributed by atoms with Crippen LogP contribution >= 0.6 is 19.4 Å². The topological polar surface area (TPSA) is 12.4 Å². The van der Waals surface area contributed by atoms with Gasteiger partial charge in [-0.15, -0.1) is 0 Å². The van der Waals surface area contributed by atoms with Crippen LogP contribution < -0.4 is 0 Å². The molecule has 0 aliphatic carbocycles. The van der Waals surface area contributed by atoms with E-state index < -0.39 is 13.5 Å². The average Bonchev–Trinajstić information content (AvgIpc) is 1.59. The first-order valence-corrected chi connectivity index (χ1v) is 7.74. The van der Waals surface area contributed by atoms with E-state index in [1.54, 1.807) is 0 Å². The SMILES string of the molecule is CC(C)(C)N=[C]=[Ru]([Cl])[Cl]. The van der Waals surface area contributed by atoms with Crippen molar-refractivity contribution in [3.63, 3.8) is 0 Å². The Morgan fingerprint density at radius 2 is 1.78 bits per heavy atom. The van der Waals surface area contributed by atoms with Gasteiger partial charge < -0.3 is 0 Å². The van der Waals surface area contributed by atoms with Crippen molar-refractivity contribution < 1.29 is 13.5 Å². The maximum atomic E-state index is 5.49. The molecule has 0 aromatic carbocycles. The number of rotatable bonds is 0. The van der Waals surface area contributed by atoms with Crippen LogP contribution in [0, 0.1) is 0 Å². The molecule has 0 aromatic rings. The number of hydrogen-bond acceptors (Lipinski definition) is 1. The van der Waals surface area contributed by atoms with Crippen molar-refractivity contribution in [3.05, 3.63) is 0 Å². The van der Waals surface area contributed by atoms with Crippen molar-refractivity contribution in [2.24, 2.45) is 4.99 Å². The van der Waals surface area contributed by atoms with Gasteiger partial charge in [-0.2, -0.15) is 0 Å². The molecule has 0 rings (SSSR count). The summed E-state index contributed by atoms with van der Waals surface area (Å²) in [5.41, 5.74) is -0.0872. The molecule has 1 nitrogen and oxygen atoms in total. The van der Waals surface area contributed by atoms with E-state index in [0.717, 1.165) is 0 Å². The van der Waals surface area contributed by atoms with Crippen molar-refractivity contribution >= 4 is 23.8 Å². The standard InChI is InChI=1S/C5H9N.2ClH.Ru/c1-5(2,3)6-4;;;/h1-3H3;2*1H;/q;;;+2/p-2. The fourth-order valence-corrected chi connectivity index (χ4v) is 1.23. The Balaban J connectivity index is 4.17. The van der Waals surface area contributed by atoms with E-state index in [-0.39, 0.29) is 5.54 Å². The van der Waals surface area contributed by atoms with Crippen molar-refractivity contribution in [2.75, 3.05) is 0 Å². The molecule has 0 unspecified atom stereocenters. The zero-order valence-corrected chi connectivity index (χ0v) is 8.81. The van der Waals surface area contributed by atoms with Gasteiger partial charge in [-0.05, 0) is 0 Å². The Morgan fingerprint density at radius 3 is 1.89 bits per heavy atom. The van der Waals surface area contributed by atoms with Crippen molar-refractivity contribution in [1.82, 2.24) is 0 Å². The summed E-state index contributed by atoms with van der Waals surface area (Å²) in [5.74, 6) is 0. The molecule has 0 saturated carbocycles. The van der Waals surface area contributed by atoms with Gasteiger partial charge in [0.05, 0.1) is 0 Å². The molecular formula is C5H9Cl2NRu. The summed E-state index contributed by atoms with van der Waals surface area (Å²) >= 11 is -1.78. The molecule has 0 aliphatic heterocycles. The molecule has 9 heavy (non-hydrogen) atoms. The summed E-state index contributed by atoms with van der Waals surface area (Å²) in [4.78, 5) is 4.01. The Morgan fingerprint density at radius 1 is 1.33 bits per heavy atom. The van der Waals surface area contributed by atoms with Gasteiger partial charge in [0.15, 0.2) is 0 Å². The third-order valence-corrected chi connectivity index (χ3v) is 1.63. The van der Waals surface area contributed by atoms with Crippen LogP contribution in [0.1, 0.15) is 20.8 Å². The molecule has 4 heteroatoms. The summed E-state index contributed by atoms with van der Waals surface area (Å²) in [6.07, 6.45) is 0. The summed E-state index contributed by atoms with van der Waals surface area (Å²) in [6, 6.07) is 0. The first-order valence-electron chi connectivity index (χ1n) is 2.39. The predicted molar refractivity (Wildman–Crippen MR) is 38.9 cm³/mol. The summed E-state index contributed by atoms with van der Waals surface area (Å²) in [5, 5.41) is 0. The fourth-order valence-electron chi connectivity index (χ4n) is 0.148. The van der Waals surface area contributed by atoms with Crippen molar-refractivity contribution in [2.45, 2.75) is 26.3 Å². The van der Waals surface area contributed by atoms with E-state index in [9.17, 15) is 0 Å². The Kier molecular flexibility index (Phi) is 4.17. The molecule has 0 bridgehead atoms. The molecular weight excluding hydrogens is 246 g/mol. The van der Waals surface area contributed by atoms with Crippen LogP contribution in [0.25, 0.3) is 0 Å². The van der Waals surface area contributed by atoms with Crippen molar-refractivity contribution in [3.8, 4) is 0 Å². The molecule has 0 aliphatic rings. The van der Waals surface area contributed by atoms with Crippen LogP contribution in [-0.2, 0) is 13.5 Å². The monoisotopic (exact) mass is 255 g/mol. The molecule has 0 amide bonds. The van der Waals surface area contributed by atoms with Gasteiger partial charge >= 0.3 is 68.6 Å². The second-order valence-corrected chi connectivity index (χ2v) is 7.81. The Bertz CT molecular complexity index is 149. The van der Waals surface area contributed by atoms with Gasteiger partial charge in [0.2, 0.25) is 0 Å². The summed E-state index contributed by atoms with van der Waals surface area (Å²) in [7, 11) is 11.0. The van der Waals surface area contributed by atoms with Gasteiger partial charge in [0.1, 0.15) is 0 Å². The summed E-state index contributed by atoms with van der Waals surface area (Å²) in [6.45, 7) is 5.93. The van der Waals surface area contributed by atoms with E-state index in [1.807, 2.05) is 20.8 Å². The number of aliphatic imine (C=N–C) groups is 1. The number of hydrogen-bond donors (Lipinski definition) is 0. The first-order chi connectivity index (χ1) is 3.92. The molecule has 0 aromatic heterocycles. The number of halogens is 2. The molecule has 56 valence electrons. The molecule has 0 atom stereocenters. The molecule has 0 fully saturated rings. The zero-order chi connectivity index (χ0) is 7.49. The molecule has 0 N–H and O–H groups in total. The molecule has 0 heterocycles. The first kappa shape index (κ1) is 9.78. The molecule has 0 radical (unpaired) electrons. The predicted octanol–water partition coefficient (Wildman–Crippen LogP) is 2.62. The fraction of sp³-hybridized carbons (Fsp3) is 0.800. The van der Waals surface area contributed by atoms with E-state index in [1.165, 1.54) is 0 Å². The second kappa shape index (κ2) is 3.83. The van der Waals surface area contributed by atoms with Crippen LogP contribution in [0.2, 0.25) is 0 Å². The molecule has 0 spiro atoms. The van der Waals surface area contributed by atoms with E-state index >= 15 is 0 Å². The Labute approximate surface area is 68.6 Å². The van der Waals surface area contributed by atoms with Crippen molar-refractivity contribution in [1.29, 1.82) is 0 Å². The zero-order valence-electron chi connectivity index (χ0n) is 5.56. The van der Waals surface area contributed by atoms with Gasteiger partial charge in [-0.1, -0.05) is 0 Å². The van der Waals surface area contributed by atoms with E-state index in [4.69, 9.17) is 19.4 Å². The van der Waals surface area contributed by atoms with Crippen LogP contribution in [0.15, 0.2) is 4.99 Å². The minimum absolute atomic E-state index is 0.0872. The van der Waals surface area contributed by atoms with Gasteiger partial charge in [-0.25, -0.2) is 0 Å². The van der Waals surface area contributed by atoms with Crippen LogP contribution in [0.4, 0.5) is 0 Å².